The zero-order valence-electron chi connectivity index (χ0n) is 12.2. The van der Waals surface area contributed by atoms with E-state index in [0.717, 1.165) is 0 Å². The van der Waals surface area contributed by atoms with E-state index in [1.54, 1.807) is 6.07 Å². The van der Waals surface area contributed by atoms with Crippen molar-refractivity contribution in [3.8, 4) is 0 Å². The van der Waals surface area contributed by atoms with Gasteiger partial charge in [0, 0.05) is 15.7 Å². The minimum absolute atomic E-state index is 0.0679. The molecular formula is C15H12Cl2N2O5. The normalized spacial score (nSPS) is 10.1. The minimum Gasteiger partial charge on any atom is -0.459 e. The number of carbonyl (C=O) groups excluding carboxylic acids is 3. The van der Waals surface area contributed by atoms with Crippen molar-refractivity contribution in [2.24, 2.45) is 0 Å². The predicted molar refractivity (Wildman–Crippen MR) is 87.1 cm³/mol. The summed E-state index contributed by atoms with van der Waals surface area (Å²) in [7, 11) is 0. The number of esters is 1. The van der Waals surface area contributed by atoms with Gasteiger partial charge < -0.3 is 19.8 Å². The summed E-state index contributed by atoms with van der Waals surface area (Å²) in [5.74, 6) is -1.83. The first-order valence-corrected chi connectivity index (χ1v) is 7.43. The Morgan fingerprint density at radius 2 is 1.83 bits per heavy atom. The Morgan fingerprint density at radius 3 is 2.46 bits per heavy atom. The first-order valence-electron chi connectivity index (χ1n) is 6.67. The SMILES string of the molecule is O=C(COC(=O)CNC(=O)c1ccco1)Nc1cc(Cl)cc(Cl)c1. The average Bonchev–Trinajstić information content (AvgIpc) is 3.04. The van der Waals surface area contributed by atoms with Gasteiger partial charge in [-0.15, -0.1) is 0 Å². The van der Waals surface area contributed by atoms with Crippen LogP contribution in [0.5, 0.6) is 0 Å². The Kier molecular flexibility index (Phi) is 6.22. The Morgan fingerprint density at radius 1 is 1.12 bits per heavy atom. The largest absolute Gasteiger partial charge is 0.459 e. The molecular weight excluding hydrogens is 359 g/mol. The van der Waals surface area contributed by atoms with E-state index < -0.39 is 30.9 Å². The number of halogens is 2. The van der Waals surface area contributed by atoms with Crippen LogP contribution in [0.25, 0.3) is 0 Å². The molecule has 2 amide bonds. The van der Waals surface area contributed by atoms with E-state index in [-0.39, 0.29) is 5.76 Å². The van der Waals surface area contributed by atoms with Gasteiger partial charge in [-0.1, -0.05) is 23.2 Å². The lowest BCUT2D eigenvalue weighted by molar-refractivity contribution is -0.146. The number of carbonyl (C=O) groups is 3. The first-order chi connectivity index (χ1) is 11.4. The molecule has 24 heavy (non-hydrogen) atoms. The Hall–Kier alpha value is -2.51. The summed E-state index contributed by atoms with van der Waals surface area (Å²) < 4.78 is 9.60. The van der Waals surface area contributed by atoms with Crippen LogP contribution in [0, 0.1) is 0 Å². The summed E-state index contributed by atoms with van der Waals surface area (Å²) in [6.45, 7) is -0.907. The monoisotopic (exact) mass is 370 g/mol. The number of amides is 2. The number of hydrogen-bond donors (Lipinski definition) is 2. The maximum Gasteiger partial charge on any atom is 0.325 e. The fourth-order valence-electron chi connectivity index (χ4n) is 1.67. The molecule has 0 radical (unpaired) electrons. The molecule has 0 aliphatic heterocycles. The molecule has 1 heterocycles. The third kappa shape index (κ3) is 5.60. The van der Waals surface area contributed by atoms with Gasteiger partial charge in [0.05, 0.1) is 6.26 Å². The lowest BCUT2D eigenvalue weighted by Gasteiger charge is -2.08. The fourth-order valence-corrected chi connectivity index (χ4v) is 2.19. The molecule has 0 saturated heterocycles. The smallest absolute Gasteiger partial charge is 0.325 e. The van der Waals surface area contributed by atoms with Crippen molar-refractivity contribution in [2.45, 2.75) is 0 Å². The summed E-state index contributed by atoms with van der Waals surface area (Å²) >= 11 is 11.6. The van der Waals surface area contributed by atoms with Gasteiger partial charge in [0.15, 0.2) is 12.4 Å². The second kappa shape index (κ2) is 8.37. The van der Waals surface area contributed by atoms with E-state index in [4.69, 9.17) is 32.4 Å². The summed E-state index contributed by atoms with van der Waals surface area (Å²) in [6, 6.07) is 7.50. The van der Waals surface area contributed by atoms with Gasteiger partial charge in [-0.25, -0.2) is 0 Å². The van der Waals surface area contributed by atoms with E-state index in [0.29, 0.717) is 15.7 Å². The zero-order chi connectivity index (χ0) is 17.5. The molecule has 0 atom stereocenters. The van der Waals surface area contributed by atoms with Crippen molar-refractivity contribution in [3.63, 3.8) is 0 Å². The Labute approximate surface area is 146 Å². The highest BCUT2D eigenvalue weighted by atomic mass is 35.5. The molecule has 126 valence electrons. The number of nitrogens with one attached hydrogen (secondary N) is 2. The van der Waals surface area contributed by atoms with Gasteiger partial charge in [0.2, 0.25) is 0 Å². The molecule has 0 aliphatic rings. The second-order valence-corrected chi connectivity index (χ2v) is 5.40. The van der Waals surface area contributed by atoms with Crippen LogP contribution < -0.4 is 10.6 Å². The molecule has 0 fully saturated rings. The number of ether oxygens (including phenoxy) is 1. The lowest BCUT2D eigenvalue weighted by atomic mass is 10.3. The molecule has 7 nitrogen and oxygen atoms in total. The molecule has 2 rings (SSSR count). The lowest BCUT2D eigenvalue weighted by Crippen LogP contribution is -2.32. The van der Waals surface area contributed by atoms with Crippen LogP contribution in [0.4, 0.5) is 5.69 Å². The highest BCUT2D eigenvalue weighted by Gasteiger charge is 2.12. The summed E-state index contributed by atoms with van der Waals surface area (Å²) in [5.41, 5.74) is 0.375. The highest BCUT2D eigenvalue weighted by Crippen LogP contribution is 2.22. The second-order valence-electron chi connectivity index (χ2n) is 4.53. The number of furan rings is 1. The predicted octanol–water partition coefficient (Wildman–Crippen LogP) is 2.50. The summed E-state index contributed by atoms with van der Waals surface area (Å²) in [5, 5.41) is 5.49. The van der Waals surface area contributed by atoms with Crippen LogP contribution in [0.15, 0.2) is 41.0 Å². The van der Waals surface area contributed by atoms with Gasteiger partial charge in [0.25, 0.3) is 11.8 Å². The number of rotatable bonds is 6. The minimum atomic E-state index is -0.769. The fraction of sp³-hybridized carbons (Fsp3) is 0.133. The van der Waals surface area contributed by atoms with E-state index in [1.165, 1.54) is 30.5 Å². The molecule has 2 aromatic rings. The molecule has 1 aromatic carbocycles. The first kappa shape index (κ1) is 17.8. The quantitative estimate of drug-likeness (QED) is 0.761. The molecule has 0 aliphatic carbocycles. The molecule has 9 heteroatoms. The van der Waals surface area contributed by atoms with Crippen molar-refractivity contribution in [3.05, 3.63) is 52.4 Å². The van der Waals surface area contributed by atoms with E-state index in [2.05, 4.69) is 10.6 Å². The number of hydrogen-bond acceptors (Lipinski definition) is 5. The van der Waals surface area contributed by atoms with Crippen LogP contribution in [0.2, 0.25) is 10.0 Å². The van der Waals surface area contributed by atoms with Crippen LogP contribution in [-0.4, -0.2) is 30.9 Å². The van der Waals surface area contributed by atoms with E-state index in [9.17, 15) is 14.4 Å². The molecule has 1 aromatic heterocycles. The summed E-state index contributed by atoms with van der Waals surface area (Å²) in [6.07, 6.45) is 1.33. The maximum absolute atomic E-state index is 11.7. The summed E-state index contributed by atoms with van der Waals surface area (Å²) in [4.78, 5) is 34.7. The van der Waals surface area contributed by atoms with Gasteiger partial charge in [0.1, 0.15) is 6.54 Å². The third-order valence-corrected chi connectivity index (χ3v) is 3.09. The van der Waals surface area contributed by atoms with Crippen LogP contribution in [0.1, 0.15) is 10.6 Å². The van der Waals surface area contributed by atoms with Gasteiger partial charge in [-0.05, 0) is 30.3 Å². The third-order valence-electron chi connectivity index (χ3n) is 2.65. The highest BCUT2D eigenvalue weighted by molar-refractivity contribution is 6.35. The Bertz CT molecular complexity index is 726. The van der Waals surface area contributed by atoms with Crippen molar-refractivity contribution in [1.29, 1.82) is 0 Å². The van der Waals surface area contributed by atoms with E-state index in [1.807, 2.05) is 0 Å². The Balaban J connectivity index is 1.73. The number of benzene rings is 1. The average molecular weight is 371 g/mol. The van der Waals surface area contributed by atoms with Gasteiger partial charge in [-0.2, -0.15) is 0 Å². The molecule has 0 bridgehead atoms. The molecule has 0 saturated carbocycles. The van der Waals surface area contributed by atoms with Crippen LogP contribution >= 0.6 is 23.2 Å². The zero-order valence-corrected chi connectivity index (χ0v) is 13.7. The molecule has 0 spiro atoms. The number of anilines is 1. The molecule has 0 unspecified atom stereocenters. The van der Waals surface area contributed by atoms with Crippen molar-refractivity contribution >= 4 is 46.7 Å². The molecule has 2 N–H and O–H groups in total. The van der Waals surface area contributed by atoms with Crippen molar-refractivity contribution in [2.75, 3.05) is 18.5 Å². The van der Waals surface area contributed by atoms with Crippen LogP contribution in [0.3, 0.4) is 0 Å². The van der Waals surface area contributed by atoms with Gasteiger partial charge >= 0.3 is 5.97 Å². The van der Waals surface area contributed by atoms with Gasteiger partial charge in [-0.3, -0.25) is 14.4 Å². The topological polar surface area (TPSA) is 97.6 Å². The van der Waals surface area contributed by atoms with E-state index >= 15 is 0 Å². The van der Waals surface area contributed by atoms with Crippen molar-refractivity contribution < 1.29 is 23.5 Å². The standard InChI is InChI=1S/C15H12Cl2N2O5/c16-9-4-10(17)6-11(5-9)19-13(20)8-24-14(21)7-18-15(22)12-2-1-3-23-12/h1-6H,7-8H2,(H,18,22)(H,19,20). The maximum atomic E-state index is 11.7. The van der Waals surface area contributed by atoms with Crippen molar-refractivity contribution in [1.82, 2.24) is 5.32 Å². The van der Waals surface area contributed by atoms with Crippen LogP contribution in [-0.2, 0) is 14.3 Å².